The van der Waals surface area contributed by atoms with Gasteiger partial charge in [-0.25, -0.2) is 15.0 Å². The van der Waals surface area contributed by atoms with Crippen molar-refractivity contribution in [2.45, 2.75) is 25.2 Å². The maximum Gasteiger partial charge on any atom is 0.226 e. The van der Waals surface area contributed by atoms with Gasteiger partial charge in [-0.15, -0.1) is 0 Å². The van der Waals surface area contributed by atoms with Crippen LogP contribution in [0.4, 0.5) is 15.9 Å². The molecule has 0 spiro atoms. The van der Waals surface area contributed by atoms with Gasteiger partial charge in [0, 0.05) is 29.8 Å². The van der Waals surface area contributed by atoms with Gasteiger partial charge in [-0.1, -0.05) is 6.07 Å². The van der Waals surface area contributed by atoms with E-state index in [4.69, 9.17) is 4.74 Å². The largest absolute Gasteiger partial charge is 0.480 e. The molecule has 0 bridgehead atoms. The Morgan fingerprint density at radius 3 is 2.76 bits per heavy atom. The zero-order chi connectivity index (χ0) is 19.8. The molecule has 1 fully saturated rings. The summed E-state index contributed by atoms with van der Waals surface area (Å²) in [6.45, 7) is 0. The van der Waals surface area contributed by atoms with Crippen molar-refractivity contribution in [1.82, 2.24) is 24.9 Å². The van der Waals surface area contributed by atoms with Crippen molar-refractivity contribution in [3.05, 3.63) is 65.8 Å². The molecule has 4 heterocycles. The third-order valence-corrected chi connectivity index (χ3v) is 5.07. The van der Waals surface area contributed by atoms with E-state index in [2.05, 4.69) is 30.2 Å². The van der Waals surface area contributed by atoms with Gasteiger partial charge in [0.2, 0.25) is 11.8 Å². The van der Waals surface area contributed by atoms with Crippen LogP contribution in [-0.4, -0.2) is 32.0 Å². The minimum Gasteiger partial charge on any atom is -0.480 e. The number of nitrogens with zero attached hydrogens (tertiary/aromatic N) is 4. The predicted molar refractivity (Wildman–Crippen MR) is 107 cm³/mol. The quantitative estimate of drug-likeness (QED) is 0.482. The predicted octanol–water partition coefficient (Wildman–Crippen LogP) is 4.11. The summed E-state index contributed by atoms with van der Waals surface area (Å²) in [4.78, 5) is 19.9. The van der Waals surface area contributed by atoms with Crippen LogP contribution in [0.1, 0.15) is 35.6 Å². The molecule has 0 saturated heterocycles. The highest BCUT2D eigenvalue weighted by molar-refractivity contribution is 5.85. The molecular formula is C21H19FN6O. The summed E-state index contributed by atoms with van der Waals surface area (Å²) in [6.07, 6.45) is 7.75. The monoisotopic (exact) mass is 390 g/mol. The highest BCUT2D eigenvalue weighted by atomic mass is 19.1. The van der Waals surface area contributed by atoms with Crippen LogP contribution in [0.3, 0.4) is 0 Å². The number of hydrogen-bond acceptors (Lipinski definition) is 6. The van der Waals surface area contributed by atoms with E-state index in [-0.39, 0.29) is 0 Å². The number of H-pyrrole nitrogens is 1. The van der Waals surface area contributed by atoms with Gasteiger partial charge in [-0.3, -0.25) is 4.98 Å². The molecule has 1 aliphatic carbocycles. The van der Waals surface area contributed by atoms with Crippen molar-refractivity contribution in [2.75, 3.05) is 12.4 Å². The summed E-state index contributed by atoms with van der Waals surface area (Å²) in [7, 11) is 1.55. The molecule has 0 unspecified atom stereocenters. The number of anilines is 2. The van der Waals surface area contributed by atoms with Crippen LogP contribution >= 0.6 is 0 Å². The van der Waals surface area contributed by atoms with Gasteiger partial charge >= 0.3 is 0 Å². The summed E-state index contributed by atoms with van der Waals surface area (Å²) in [5, 5.41) is 3.85. The first kappa shape index (κ1) is 17.5. The Balaban J connectivity index is 1.36. The van der Waals surface area contributed by atoms with Crippen molar-refractivity contribution in [3.8, 4) is 5.88 Å². The third-order valence-electron chi connectivity index (χ3n) is 5.07. The number of nitrogens with one attached hydrogen (secondary N) is 2. The second-order valence-corrected chi connectivity index (χ2v) is 7.11. The lowest BCUT2D eigenvalue weighted by molar-refractivity contribution is 0.402. The van der Waals surface area contributed by atoms with Gasteiger partial charge in [0.05, 0.1) is 24.4 Å². The van der Waals surface area contributed by atoms with E-state index in [1.165, 1.54) is 19.2 Å². The first-order valence-corrected chi connectivity index (χ1v) is 9.44. The number of fused-ring (bicyclic) bond motifs is 1. The number of pyridine rings is 2. The molecule has 2 N–H and O–H groups in total. The Labute approximate surface area is 166 Å². The Bertz CT molecular complexity index is 1170. The average Bonchev–Trinajstić information content (AvgIpc) is 3.51. The van der Waals surface area contributed by atoms with Crippen molar-refractivity contribution < 1.29 is 9.13 Å². The number of ether oxygens (including phenoxy) is 1. The Morgan fingerprint density at radius 2 is 2.03 bits per heavy atom. The number of aromatic nitrogens is 5. The minimum atomic E-state index is -0.525. The van der Waals surface area contributed by atoms with E-state index in [1.54, 1.807) is 31.6 Å². The summed E-state index contributed by atoms with van der Waals surface area (Å²) in [5.74, 6) is 0.974. The number of methoxy groups -OCH3 is 1. The van der Waals surface area contributed by atoms with Gasteiger partial charge in [0.25, 0.3) is 0 Å². The normalized spacial score (nSPS) is 13.6. The molecule has 4 aromatic heterocycles. The van der Waals surface area contributed by atoms with Crippen LogP contribution in [0.25, 0.3) is 11.0 Å². The molecule has 146 valence electrons. The van der Waals surface area contributed by atoms with E-state index >= 15 is 0 Å². The lowest BCUT2D eigenvalue weighted by Crippen LogP contribution is -2.01. The molecule has 4 aromatic rings. The fourth-order valence-corrected chi connectivity index (χ4v) is 3.41. The number of halogens is 1. The highest BCUT2D eigenvalue weighted by Gasteiger charge is 2.24. The molecule has 1 aliphatic rings. The molecule has 5 rings (SSSR count). The molecule has 0 radical (unpaired) electrons. The van der Waals surface area contributed by atoms with Crippen LogP contribution in [0.2, 0.25) is 0 Å². The fraction of sp³-hybridized carbons (Fsp3) is 0.238. The molecule has 0 aromatic carbocycles. The van der Waals surface area contributed by atoms with Crippen LogP contribution in [0.5, 0.6) is 5.88 Å². The zero-order valence-electron chi connectivity index (χ0n) is 15.8. The average molecular weight is 390 g/mol. The van der Waals surface area contributed by atoms with E-state index < -0.39 is 5.95 Å². The summed E-state index contributed by atoms with van der Waals surface area (Å²) in [5.41, 5.74) is 3.87. The summed E-state index contributed by atoms with van der Waals surface area (Å²) < 4.78 is 20.0. The first-order valence-electron chi connectivity index (χ1n) is 9.44. The van der Waals surface area contributed by atoms with E-state index in [0.29, 0.717) is 35.2 Å². The molecule has 1 saturated carbocycles. The van der Waals surface area contributed by atoms with Crippen LogP contribution in [0.15, 0.2) is 43.0 Å². The van der Waals surface area contributed by atoms with Crippen LogP contribution in [0, 0.1) is 5.95 Å². The Morgan fingerprint density at radius 1 is 1.14 bits per heavy atom. The van der Waals surface area contributed by atoms with Gasteiger partial charge in [0.15, 0.2) is 0 Å². The number of aromatic amines is 1. The molecule has 0 aliphatic heterocycles. The molecular weight excluding hydrogens is 371 g/mol. The Hall–Kier alpha value is -3.55. The van der Waals surface area contributed by atoms with E-state index in [0.717, 1.165) is 22.3 Å². The smallest absolute Gasteiger partial charge is 0.226 e. The van der Waals surface area contributed by atoms with Gasteiger partial charge in [0.1, 0.15) is 17.8 Å². The lowest BCUT2D eigenvalue weighted by atomic mass is 10.1. The van der Waals surface area contributed by atoms with Crippen LogP contribution < -0.4 is 10.1 Å². The third kappa shape index (κ3) is 3.49. The van der Waals surface area contributed by atoms with E-state index in [9.17, 15) is 4.39 Å². The Kier molecular flexibility index (Phi) is 4.31. The van der Waals surface area contributed by atoms with Gasteiger partial charge < -0.3 is 15.0 Å². The van der Waals surface area contributed by atoms with Crippen molar-refractivity contribution in [3.63, 3.8) is 0 Å². The van der Waals surface area contributed by atoms with Crippen molar-refractivity contribution in [2.24, 2.45) is 0 Å². The number of hydrogen-bond donors (Lipinski definition) is 2. The minimum absolute atomic E-state index is 0.348. The lowest BCUT2D eigenvalue weighted by Gasteiger charge is -2.08. The van der Waals surface area contributed by atoms with Crippen molar-refractivity contribution >= 4 is 22.5 Å². The second-order valence-electron chi connectivity index (χ2n) is 7.11. The first-order chi connectivity index (χ1) is 14.2. The SMILES string of the molecule is COc1ncnc2[nH]cc(Cc3ccc(Nc4ccc(C5CC5)nc4)nc3F)c12. The molecule has 29 heavy (non-hydrogen) atoms. The zero-order valence-corrected chi connectivity index (χ0v) is 15.8. The summed E-state index contributed by atoms with van der Waals surface area (Å²) in [6, 6.07) is 7.45. The second kappa shape index (κ2) is 7.12. The molecule has 0 atom stereocenters. The van der Waals surface area contributed by atoms with Gasteiger partial charge in [-0.2, -0.15) is 4.39 Å². The van der Waals surface area contributed by atoms with Gasteiger partial charge in [-0.05, 0) is 36.6 Å². The fourth-order valence-electron chi connectivity index (χ4n) is 3.41. The summed E-state index contributed by atoms with van der Waals surface area (Å²) >= 11 is 0. The van der Waals surface area contributed by atoms with E-state index in [1.807, 2.05) is 12.1 Å². The molecule has 7 nitrogen and oxygen atoms in total. The molecule has 8 heteroatoms. The van der Waals surface area contributed by atoms with Crippen molar-refractivity contribution in [1.29, 1.82) is 0 Å². The maximum absolute atomic E-state index is 14.7. The number of rotatable bonds is 6. The molecule has 0 amide bonds. The topological polar surface area (TPSA) is 88.6 Å². The standard InChI is InChI=1S/C21H19FN6O/c1-29-21-18-14(9-24-20(18)25-11-26-21)8-13-4-7-17(28-19(13)22)27-15-5-6-16(23-10-15)12-2-3-12/h4-7,9-12H,2-3,8H2,1H3,(H,27,28)(H,24,25,26). The maximum atomic E-state index is 14.7. The highest BCUT2D eigenvalue weighted by Crippen LogP contribution is 2.39. The van der Waals surface area contributed by atoms with Crippen LogP contribution in [-0.2, 0) is 6.42 Å².